The molecule has 11 heteroatoms. The first kappa shape index (κ1) is 33.2. The highest BCUT2D eigenvalue weighted by atomic mass is 32.2. The van der Waals surface area contributed by atoms with Crippen molar-refractivity contribution in [1.82, 2.24) is 10.2 Å². The largest absolute Gasteiger partial charge is 0.337 e. The average molecular weight is 664 g/mol. The van der Waals surface area contributed by atoms with Crippen LogP contribution in [0.2, 0.25) is 0 Å². The summed E-state index contributed by atoms with van der Waals surface area (Å²) >= 11 is 2.64. The number of amides is 4. The Labute approximate surface area is 281 Å². The monoisotopic (exact) mass is 663 g/mol. The molecule has 1 aliphatic rings. The first-order valence-electron chi connectivity index (χ1n) is 15.0. The minimum atomic E-state index is -0.526. The number of nitriles is 1. The van der Waals surface area contributed by atoms with Gasteiger partial charge in [-0.15, -0.1) is 23.1 Å². The van der Waals surface area contributed by atoms with Gasteiger partial charge in [-0.3, -0.25) is 19.2 Å². The predicted molar refractivity (Wildman–Crippen MR) is 186 cm³/mol. The number of hydrogen-bond donors (Lipinski definition) is 3. The van der Waals surface area contributed by atoms with Gasteiger partial charge in [0.25, 0.3) is 11.8 Å². The second-order valence-corrected chi connectivity index (χ2v) is 13.5. The van der Waals surface area contributed by atoms with Crippen molar-refractivity contribution in [1.29, 1.82) is 5.26 Å². The molecule has 1 atom stereocenters. The van der Waals surface area contributed by atoms with E-state index in [0.717, 1.165) is 26.5 Å². The van der Waals surface area contributed by atoms with Crippen molar-refractivity contribution in [2.24, 2.45) is 0 Å². The van der Waals surface area contributed by atoms with Crippen molar-refractivity contribution in [3.05, 3.63) is 117 Å². The molecule has 0 fully saturated rings. The Morgan fingerprint density at radius 3 is 2.47 bits per heavy atom. The summed E-state index contributed by atoms with van der Waals surface area (Å²) in [5.74, 6) is -1.20. The fraction of sp³-hybridized carbons (Fsp3) is 0.194. The van der Waals surface area contributed by atoms with E-state index in [4.69, 9.17) is 0 Å². The van der Waals surface area contributed by atoms with E-state index < -0.39 is 17.1 Å². The van der Waals surface area contributed by atoms with E-state index in [-0.39, 0.29) is 17.5 Å². The van der Waals surface area contributed by atoms with Gasteiger partial charge in [-0.2, -0.15) is 5.26 Å². The Morgan fingerprint density at radius 2 is 1.74 bits per heavy atom. The van der Waals surface area contributed by atoms with E-state index in [1.165, 1.54) is 30.0 Å². The molecule has 0 saturated heterocycles. The zero-order valence-corrected chi connectivity index (χ0v) is 27.8. The Hall–Kier alpha value is -5.18. The first-order chi connectivity index (χ1) is 22.6. The van der Waals surface area contributed by atoms with E-state index in [2.05, 4.69) is 22.0 Å². The summed E-state index contributed by atoms with van der Waals surface area (Å²) in [5, 5.41) is 18.4. The molecule has 4 amide bonds. The molecule has 2 heterocycles. The minimum Gasteiger partial charge on any atom is -0.337 e. The molecule has 1 aliphatic heterocycles. The smallest absolute Gasteiger partial charge is 0.272 e. The van der Waals surface area contributed by atoms with Gasteiger partial charge in [-0.05, 0) is 73.4 Å². The standard InChI is InChI=1S/C36H33N5O4S2/c1-22-10-7-8-13-26(22)18-31(39-34(44)25-11-5-4-6-12-25)35(45)38-27-14-9-15-28(19-27)46-23(2)33(43)40-36-30(20-37)29-16-17-41(24(3)42)21-32(29)47-36/h4-15,18-19,23H,16-17,21H2,1-3H3,(H,38,45)(H,39,44)(H,40,43)/b31-18-. The van der Waals surface area contributed by atoms with Gasteiger partial charge in [0.05, 0.1) is 17.4 Å². The fourth-order valence-corrected chi connectivity index (χ4v) is 7.19. The summed E-state index contributed by atoms with van der Waals surface area (Å²) in [6.07, 6.45) is 2.22. The predicted octanol–water partition coefficient (Wildman–Crippen LogP) is 6.36. The number of nitrogens with zero attached hydrogens (tertiary/aromatic N) is 2. The second-order valence-electron chi connectivity index (χ2n) is 11.0. The molecular formula is C36H33N5O4S2. The molecule has 238 valence electrons. The molecule has 3 aromatic carbocycles. The summed E-state index contributed by atoms with van der Waals surface area (Å²) in [6.45, 7) is 6.19. The third-order valence-corrected chi connectivity index (χ3v) is 9.87. The lowest BCUT2D eigenvalue weighted by Crippen LogP contribution is -2.33. The zero-order valence-electron chi connectivity index (χ0n) is 26.1. The molecule has 1 unspecified atom stereocenters. The highest BCUT2D eigenvalue weighted by Crippen LogP contribution is 2.37. The maximum Gasteiger partial charge on any atom is 0.272 e. The van der Waals surface area contributed by atoms with E-state index in [1.54, 1.807) is 60.4 Å². The van der Waals surface area contributed by atoms with Crippen LogP contribution in [0.25, 0.3) is 6.08 Å². The number of carbonyl (C=O) groups excluding carboxylic acids is 4. The zero-order chi connectivity index (χ0) is 33.5. The van der Waals surface area contributed by atoms with Crippen LogP contribution < -0.4 is 16.0 Å². The molecule has 3 N–H and O–H groups in total. The van der Waals surface area contributed by atoms with Gasteiger partial charge in [0.15, 0.2) is 0 Å². The fourth-order valence-electron chi connectivity index (χ4n) is 5.04. The van der Waals surface area contributed by atoms with Crippen molar-refractivity contribution in [3.8, 4) is 6.07 Å². The number of benzene rings is 3. The number of thioether (sulfide) groups is 1. The summed E-state index contributed by atoms with van der Waals surface area (Å²) in [6, 6.07) is 25.6. The van der Waals surface area contributed by atoms with Crippen LogP contribution >= 0.6 is 23.1 Å². The number of anilines is 2. The Balaban J connectivity index is 1.28. The lowest BCUT2D eigenvalue weighted by atomic mass is 10.0. The second kappa shape index (κ2) is 14.9. The molecular weight excluding hydrogens is 631 g/mol. The van der Waals surface area contributed by atoms with Crippen LogP contribution in [-0.4, -0.2) is 40.3 Å². The number of hydrogen-bond acceptors (Lipinski definition) is 7. The highest BCUT2D eigenvalue weighted by Gasteiger charge is 2.27. The van der Waals surface area contributed by atoms with Crippen molar-refractivity contribution in [2.45, 2.75) is 43.9 Å². The molecule has 5 rings (SSSR count). The summed E-state index contributed by atoms with van der Waals surface area (Å²) in [4.78, 5) is 55.0. The molecule has 4 aromatic rings. The van der Waals surface area contributed by atoms with Crippen molar-refractivity contribution in [2.75, 3.05) is 17.2 Å². The Kier molecular flexibility index (Phi) is 10.6. The van der Waals surface area contributed by atoms with E-state index >= 15 is 0 Å². The maximum atomic E-state index is 13.5. The Morgan fingerprint density at radius 1 is 1.00 bits per heavy atom. The number of rotatable bonds is 9. The Bertz CT molecular complexity index is 1910. The van der Waals surface area contributed by atoms with Crippen LogP contribution in [0.3, 0.4) is 0 Å². The van der Waals surface area contributed by atoms with E-state index in [0.29, 0.717) is 41.3 Å². The lowest BCUT2D eigenvalue weighted by molar-refractivity contribution is -0.129. The molecule has 0 spiro atoms. The average Bonchev–Trinajstić information content (AvgIpc) is 3.41. The quantitative estimate of drug-likeness (QED) is 0.141. The lowest BCUT2D eigenvalue weighted by Gasteiger charge is -2.25. The maximum absolute atomic E-state index is 13.5. The van der Waals surface area contributed by atoms with Crippen LogP contribution in [0.5, 0.6) is 0 Å². The third-order valence-electron chi connectivity index (χ3n) is 7.64. The minimum absolute atomic E-state index is 0.0212. The first-order valence-corrected chi connectivity index (χ1v) is 16.7. The molecule has 9 nitrogen and oxygen atoms in total. The van der Waals surface area contributed by atoms with Gasteiger partial charge in [0.2, 0.25) is 11.8 Å². The van der Waals surface area contributed by atoms with Gasteiger partial charge >= 0.3 is 0 Å². The van der Waals surface area contributed by atoms with Gasteiger partial charge < -0.3 is 20.9 Å². The van der Waals surface area contributed by atoms with Crippen LogP contribution in [0.4, 0.5) is 10.7 Å². The normalized spacial score (nSPS) is 13.1. The number of aryl methyl sites for hydroxylation is 1. The molecule has 0 aliphatic carbocycles. The van der Waals surface area contributed by atoms with Crippen LogP contribution in [0, 0.1) is 18.3 Å². The summed E-state index contributed by atoms with van der Waals surface area (Å²) in [5.41, 5.74) is 4.08. The van der Waals surface area contributed by atoms with Crippen LogP contribution in [-0.2, 0) is 27.3 Å². The van der Waals surface area contributed by atoms with Gasteiger partial charge in [0, 0.05) is 34.5 Å². The van der Waals surface area contributed by atoms with Crippen LogP contribution in [0.15, 0.2) is 89.5 Å². The summed E-state index contributed by atoms with van der Waals surface area (Å²) in [7, 11) is 0. The van der Waals surface area contributed by atoms with Gasteiger partial charge in [0.1, 0.15) is 16.8 Å². The van der Waals surface area contributed by atoms with Gasteiger partial charge in [-0.25, -0.2) is 0 Å². The van der Waals surface area contributed by atoms with Gasteiger partial charge in [-0.1, -0.05) is 48.5 Å². The SMILES string of the molecule is CC(=O)N1CCc2c(sc(NC(=O)C(C)Sc3cccc(NC(=O)/C(=C/c4ccccc4C)NC(=O)c4ccccc4)c3)c2C#N)C1. The molecule has 1 aromatic heterocycles. The topological polar surface area (TPSA) is 131 Å². The third kappa shape index (κ3) is 8.16. The molecule has 0 radical (unpaired) electrons. The van der Waals surface area contributed by atoms with Crippen molar-refractivity contribution < 1.29 is 19.2 Å². The number of nitrogens with one attached hydrogen (secondary N) is 3. The number of fused-ring (bicyclic) bond motifs is 1. The molecule has 0 bridgehead atoms. The van der Waals surface area contributed by atoms with Crippen molar-refractivity contribution >= 4 is 63.5 Å². The summed E-state index contributed by atoms with van der Waals surface area (Å²) < 4.78 is 0. The van der Waals surface area contributed by atoms with Crippen molar-refractivity contribution in [3.63, 3.8) is 0 Å². The number of thiophene rings is 1. The highest BCUT2D eigenvalue weighted by molar-refractivity contribution is 8.00. The van der Waals surface area contributed by atoms with Crippen LogP contribution in [0.1, 0.15) is 51.3 Å². The molecule has 0 saturated carbocycles. The molecule has 47 heavy (non-hydrogen) atoms. The van der Waals surface area contributed by atoms with E-state index in [9.17, 15) is 24.4 Å². The number of carbonyl (C=O) groups is 4. The van der Waals surface area contributed by atoms with E-state index in [1.807, 2.05) is 43.3 Å².